The molecule has 5 heteroatoms. The van der Waals surface area contributed by atoms with Gasteiger partial charge in [-0.2, -0.15) is 11.3 Å². The summed E-state index contributed by atoms with van der Waals surface area (Å²) in [5.41, 5.74) is 0.223. The van der Waals surface area contributed by atoms with Crippen LogP contribution in [0.1, 0.15) is 38.7 Å². The molecule has 2 heterocycles. The van der Waals surface area contributed by atoms with Crippen LogP contribution >= 0.6 is 11.3 Å². The Morgan fingerprint density at radius 2 is 2.21 bits per heavy atom. The molecule has 1 saturated heterocycles. The Hall–Kier alpha value is -1.36. The normalized spacial score (nSPS) is 19.5. The lowest BCUT2D eigenvalue weighted by Crippen LogP contribution is -2.46. The number of ether oxygens (including phenoxy) is 1. The summed E-state index contributed by atoms with van der Waals surface area (Å²) < 4.78 is 5.11. The minimum atomic E-state index is -1.07. The molecule has 1 aliphatic heterocycles. The number of esters is 1. The highest BCUT2D eigenvalue weighted by Gasteiger charge is 2.38. The van der Waals surface area contributed by atoms with Crippen molar-refractivity contribution in [2.45, 2.75) is 38.7 Å². The fraction of sp³-hybridized carbons (Fsp3) is 0.571. The van der Waals surface area contributed by atoms with E-state index in [0.29, 0.717) is 12.5 Å². The van der Waals surface area contributed by atoms with Gasteiger partial charge in [0.2, 0.25) is 0 Å². The topological polar surface area (TPSA) is 46.6 Å². The third kappa shape index (κ3) is 3.15. The predicted octanol–water partition coefficient (Wildman–Crippen LogP) is 2.41. The number of hydrogen-bond acceptors (Lipinski definition) is 4. The molecule has 1 fully saturated rings. The zero-order chi connectivity index (χ0) is 14.0. The van der Waals surface area contributed by atoms with Crippen molar-refractivity contribution in [2.24, 2.45) is 0 Å². The first-order chi connectivity index (χ1) is 8.90. The van der Waals surface area contributed by atoms with E-state index in [0.717, 1.165) is 13.0 Å². The number of likely N-dealkylation sites (tertiary alicyclic amines) is 1. The summed E-state index contributed by atoms with van der Waals surface area (Å²) in [7, 11) is 0. The number of carbonyl (C=O) groups excluding carboxylic acids is 2. The molecule has 0 N–H and O–H groups in total. The summed E-state index contributed by atoms with van der Waals surface area (Å²) in [6.07, 6.45) is 0.971. The van der Waals surface area contributed by atoms with Crippen LogP contribution in [0.15, 0.2) is 16.8 Å². The smallest absolute Gasteiger partial charge is 0.303 e. The van der Waals surface area contributed by atoms with Gasteiger partial charge in [-0.3, -0.25) is 9.59 Å². The zero-order valence-corrected chi connectivity index (χ0v) is 12.3. The van der Waals surface area contributed by atoms with E-state index in [2.05, 4.69) is 16.8 Å². The molecule has 2 rings (SSSR count). The van der Waals surface area contributed by atoms with E-state index < -0.39 is 11.6 Å². The van der Waals surface area contributed by atoms with Crippen LogP contribution in [-0.4, -0.2) is 35.5 Å². The van der Waals surface area contributed by atoms with Crippen molar-refractivity contribution in [3.8, 4) is 0 Å². The minimum absolute atomic E-state index is 0.111. The van der Waals surface area contributed by atoms with Crippen molar-refractivity contribution in [3.63, 3.8) is 0 Å². The highest BCUT2D eigenvalue weighted by atomic mass is 32.1. The lowest BCUT2D eigenvalue weighted by molar-refractivity contribution is -0.167. The van der Waals surface area contributed by atoms with E-state index in [1.807, 2.05) is 0 Å². The molecule has 1 amide bonds. The lowest BCUT2D eigenvalue weighted by atomic mass is 10.0. The highest BCUT2D eigenvalue weighted by molar-refractivity contribution is 7.07. The van der Waals surface area contributed by atoms with Gasteiger partial charge < -0.3 is 9.64 Å². The maximum atomic E-state index is 12.4. The van der Waals surface area contributed by atoms with Crippen molar-refractivity contribution in [1.29, 1.82) is 0 Å². The standard InChI is InChI=1S/C14H19NO3S/c1-10(16)18-14(2,3)13(17)15-6-4-11(8-15)12-5-7-19-9-12/h5,7,9,11H,4,6,8H2,1-3H3. The molecule has 1 atom stereocenters. The molecule has 4 nitrogen and oxygen atoms in total. The van der Waals surface area contributed by atoms with Crippen LogP contribution < -0.4 is 0 Å². The maximum absolute atomic E-state index is 12.4. The van der Waals surface area contributed by atoms with Crippen molar-refractivity contribution in [3.05, 3.63) is 22.4 Å². The van der Waals surface area contributed by atoms with E-state index in [9.17, 15) is 9.59 Å². The molecule has 0 saturated carbocycles. The maximum Gasteiger partial charge on any atom is 0.303 e. The molecule has 0 spiro atoms. The van der Waals surface area contributed by atoms with Gasteiger partial charge in [-0.15, -0.1) is 0 Å². The number of nitrogens with zero attached hydrogens (tertiary/aromatic N) is 1. The Morgan fingerprint density at radius 3 is 2.79 bits per heavy atom. The molecule has 1 unspecified atom stereocenters. The molecule has 19 heavy (non-hydrogen) atoms. The van der Waals surface area contributed by atoms with Gasteiger partial charge in [0.15, 0.2) is 5.60 Å². The van der Waals surface area contributed by atoms with E-state index in [4.69, 9.17) is 4.74 Å². The fourth-order valence-corrected chi connectivity index (χ4v) is 3.25. The van der Waals surface area contributed by atoms with Crippen LogP contribution in [0.4, 0.5) is 0 Å². The molecular formula is C14H19NO3S. The second-order valence-corrected chi connectivity index (χ2v) is 6.18. The van der Waals surface area contributed by atoms with Crippen molar-refractivity contribution in [2.75, 3.05) is 13.1 Å². The second-order valence-electron chi connectivity index (χ2n) is 5.40. The van der Waals surface area contributed by atoms with Crippen LogP contribution in [0.3, 0.4) is 0 Å². The van der Waals surface area contributed by atoms with E-state index in [1.165, 1.54) is 12.5 Å². The van der Waals surface area contributed by atoms with Gasteiger partial charge in [0.25, 0.3) is 5.91 Å². The van der Waals surface area contributed by atoms with E-state index >= 15 is 0 Å². The van der Waals surface area contributed by atoms with Gasteiger partial charge >= 0.3 is 5.97 Å². The summed E-state index contributed by atoms with van der Waals surface area (Å²) >= 11 is 1.68. The Kier molecular flexibility index (Phi) is 3.94. The minimum Gasteiger partial charge on any atom is -0.450 e. The number of hydrogen-bond donors (Lipinski definition) is 0. The molecule has 0 bridgehead atoms. The molecule has 0 aliphatic carbocycles. The molecule has 0 radical (unpaired) electrons. The Morgan fingerprint density at radius 1 is 1.47 bits per heavy atom. The summed E-state index contributed by atoms with van der Waals surface area (Å²) in [6, 6.07) is 2.11. The van der Waals surface area contributed by atoms with E-state index in [-0.39, 0.29) is 5.91 Å². The monoisotopic (exact) mass is 281 g/mol. The zero-order valence-electron chi connectivity index (χ0n) is 11.5. The van der Waals surface area contributed by atoms with Gasteiger partial charge in [0, 0.05) is 25.9 Å². The lowest BCUT2D eigenvalue weighted by Gasteiger charge is -2.28. The van der Waals surface area contributed by atoms with Crippen LogP contribution in [-0.2, 0) is 14.3 Å². The first kappa shape index (κ1) is 14.1. The number of carbonyl (C=O) groups is 2. The van der Waals surface area contributed by atoms with Gasteiger partial charge in [0.1, 0.15) is 0 Å². The van der Waals surface area contributed by atoms with Crippen LogP contribution in [0, 0.1) is 0 Å². The third-order valence-corrected chi connectivity index (χ3v) is 4.11. The Labute approximate surface area is 117 Å². The second kappa shape index (κ2) is 5.33. The first-order valence-electron chi connectivity index (χ1n) is 6.41. The Bertz CT molecular complexity index is 467. The van der Waals surface area contributed by atoms with Gasteiger partial charge in [0.05, 0.1) is 0 Å². The predicted molar refractivity (Wildman–Crippen MR) is 74.1 cm³/mol. The van der Waals surface area contributed by atoms with Crippen molar-refractivity contribution < 1.29 is 14.3 Å². The van der Waals surface area contributed by atoms with Gasteiger partial charge in [-0.05, 0) is 42.7 Å². The molecule has 104 valence electrons. The van der Waals surface area contributed by atoms with E-state index in [1.54, 1.807) is 30.1 Å². The van der Waals surface area contributed by atoms with Crippen LogP contribution in [0.5, 0.6) is 0 Å². The number of rotatable bonds is 3. The quantitative estimate of drug-likeness (QED) is 0.799. The Balaban J connectivity index is 2.00. The summed E-state index contributed by atoms with van der Waals surface area (Å²) in [5, 5.41) is 4.19. The van der Waals surface area contributed by atoms with Gasteiger partial charge in [-0.1, -0.05) is 0 Å². The highest BCUT2D eigenvalue weighted by Crippen LogP contribution is 2.30. The fourth-order valence-electron chi connectivity index (χ4n) is 2.51. The third-order valence-electron chi connectivity index (χ3n) is 3.40. The summed E-state index contributed by atoms with van der Waals surface area (Å²) in [4.78, 5) is 25.2. The average molecular weight is 281 g/mol. The molecule has 0 aromatic carbocycles. The molecule has 1 aromatic rings. The molecule has 1 aromatic heterocycles. The van der Waals surface area contributed by atoms with Crippen LogP contribution in [0.2, 0.25) is 0 Å². The first-order valence-corrected chi connectivity index (χ1v) is 7.35. The number of thiophene rings is 1. The molecule has 1 aliphatic rings. The van der Waals surface area contributed by atoms with Crippen molar-refractivity contribution in [1.82, 2.24) is 4.90 Å². The summed E-state index contributed by atoms with van der Waals surface area (Å²) in [6.45, 7) is 6.06. The van der Waals surface area contributed by atoms with Crippen molar-refractivity contribution >= 4 is 23.2 Å². The van der Waals surface area contributed by atoms with Crippen LogP contribution in [0.25, 0.3) is 0 Å². The van der Waals surface area contributed by atoms with Gasteiger partial charge in [-0.25, -0.2) is 0 Å². The summed E-state index contributed by atoms with van der Waals surface area (Å²) in [5.74, 6) is -0.129. The average Bonchev–Trinajstić information content (AvgIpc) is 2.97. The number of amides is 1. The molecular weight excluding hydrogens is 262 g/mol. The largest absolute Gasteiger partial charge is 0.450 e. The SMILES string of the molecule is CC(=O)OC(C)(C)C(=O)N1CCC(c2ccsc2)C1.